The number of rotatable bonds is 5. The first-order valence-corrected chi connectivity index (χ1v) is 7.47. The largest absolute Gasteiger partial charge is 0.378 e. The van der Waals surface area contributed by atoms with Crippen LogP contribution in [0.1, 0.15) is 36.9 Å². The molecule has 1 unspecified atom stereocenters. The second kappa shape index (κ2) is 7.16. The van der Waals surface area contributed by atoms with E-state index in [1.165, 1.54) is 0 Å². The number of benzene rings is 1. The maximum absolute atomic E-state index is 14.1. The van der Waals surface area contributed by atoms with Crippen molar-refractivity contribution >= 4 is 0 Å². The lowest BCUT2D eigenvalue weighted by molar-refractivity contribution is 0.00418. The van der Waals surface area contributed by atoms with E-state index < -0.39 is 0 Å². The third kappa shape index (κ3) is 3.57. The number of nitrogens with zero attached hydrogens (tertiary/aromatic N) is 1. The second-order valence-electron chi connectivity index (χ2n) is 5.47. The molecule has 0 bridgehead atoms. The Morgan fingerprint density at radius 2 is 2.10 bits per heavy atom. The maximum atomic E-state index is 14.1. The molecule has 1 aliphatic rings. The zero-order valence-electron chi connectivity index (χ0n) is 12.4. The van der Waals surface area contributed by atoms with Gasteiger partial charge in [0.2, 0.25) is 0 Å². The van der Waals surface area contributed by atoms with Gasteiger partial charge in [-0.1, -0.05) is 17.7 Å². The lowest BCUT2D eigenvalue weighted by Gasteiger charge is -2.37. The molecule has 4 heteroatoms. The summed E-state index contributed by atoms with van der Waals surface area (Å²) in [5.41, 5.74) is 7.71. The first kappa shape index (κ1) is 15.4. The molecule has 0 saturated carbocycles. The fourth-order valence-electron chi connectivity index (χ4n) is 2.98. The summed E-state index contributed by atoms with van der Waals surface area (Å²) in [7, 11) is 0. The lowest BCUT2D eigenvalue weighted by Crippen LogP contribution is -2.42. The molecule has 1 aromatic carbocycles. The van der Waals surface area contributed by atoms with Crippen LogP contribution in [0.5, 0.6) is 0 Å². The summed E-state index contributed by atoms with van der Waals surface area (Å²) in [5.74, 6) is -0.155. The number of likely N-dealkylation sites (tertiary alicyclic amines) is 1. The van der Waals surface area contributed by atoms with Crippen LogP contribution in [0, 0.1) is 12.7 Å². The van der Waals surface area contributed by atoms with Crippen molar-refractivity contribution in [3.63, 3.8) is 0 Å². The Morgan fingerprint density at radius 1 is 1.40 bits per heavy atom. The molecule has 1 aromatic rings. The number of ether oxygens (including phenoxy) is 1. The average Bonchev–Trinajstić information content (AvgIpc) is 2.45. The summed E-state index contributed by atoms with van der Waals surface area (Å²) in [6, 6.07) is 5.23. The highest BCUT2D eigenvalue weighted by molar-refractivity contribution is 5.27. The quantitative estimate of drug-likeness (QED) is 0.901. The van der Waals surface area contributed by atoms with Crippen molar-refractivity contribution < 1.29 is 9.13 Å². The van der Waals surface area contributed by atoms with Crippen molar-refractivity contribution in [1.82, 2.24) is 4.90 Å². The number of piperidine rings is 1. The van der Waals surface area contributed by atoms with Crippen molar-refractivity contribution in [2.45, 2.75) is 38.8 Å². The fourth-order valence-corrected chi connectivity index (χ4v) is 2.98. The summed E-state index contributed by atoms with van der Waals surface area (Å²) in [4.78, 5) is 2.29. The van der Waals surface area contributed by atoms with Crippen molar-refractivity contribution in [3.05, 3.63) is 35.1 Å². The van der Waals surface area contributed by atoms with Crippen LogP contribution in [-0.4, -0.2) is 37.2 Å². The van der Waals surface area contributed by atoms with Crippen LogP contribution in [0.15, 0.2) is 18.2 Å². The first-order chi connectivity index (χ1) is 9.65. The summed E-state index contributed by atoms with van der Waals surface area (Å²) in [6.45, 7) is 7.05. The van der Waals surface area contributed by atoms with Crippen LogP contribution in [0.4, 0.5) is 4.39 Å². The van der Waals surface area contributed by atoms with Crippen LogP contribution in [0.25, 0.3) is 0 Å². The van der Waals surface area contributed by atoms with E-state index in [9.17, 15) is 4.39 Å². The van der Waals surface area contributed by atoms with Crippen LogP contribution in [0.2, 0.25) is 0 Å². The lowest BCUT2D eigenvalue weighted by atomic mass is 9.98. The van der Waals surface area contributed by atoms with Crippen LogP contribution in [-0.2, 0) is 4.74 Å². The highest BCUT2D eigenvalue weighted by Crippen LogP contribution is 2.27. The first-order valence-electron chi connectivity index (χ1n) is 7.47. The van der Waals surface area contributed by atoms with Crippen molar-refractivity contribution in [3.8, 4) is 0 Å². The molecule has 3 nitrogen and oxygen atoms in total. The molecule has 1 saturated heterocycles. The predicted octanol–water partition coefficient (Wildman–Crippen LogP) is 2.63. The molecule has 0 spiro atoms. The van der Waals surface area contributed by atoms with Gasteiger partial charge in [0.25, 0.3) is 0 Å². The normalized spacial score (nSPS) is 19.2. The molecule has 1 atom stereocenters. The molecule has 112 valence electrons. The minimum atomic E-state index is -0.155. The number of nitrogens with two attached hydrogens (primary N) is 1. The Labute approximate surface area is 120 Å². The van der Waals surface area contributed by atoms with Gasteiger partial charge in [-0.25, -0.2) is 4.39 Å². The van der Waals surface area contributed by atoms with Gasteiger partial charge in [-0.2, -0.15) is 0 Å². The van der Waals surface area contributed by atoms with Crippen LogP contribution < -0.4 is 5.73 Å². The smallest absolute Gasteiger partial charge is 0.128 e. The van der Waals surface area contributed by atoms with Gasteiger partial charge < -0.3 is 10.5 Å². The molecule has 0 aliphatic carbocycles. The van der Waals surface area contributed by atoms with Gasteiger partial charge in [-0.3, -0.25) is 4.90 Å². The number of aryl methyl sites for hydroxylation is 1. The van der Waals surface area contributed by atoms with E-state index in [0.717, 1.165) is 43.7 Å². The summed E-state index contributed by atoms with van der Waals surface area (Å²) in [5, 5.41) is 0. The van der Waals surface area contributed by atoms with E-state index in [1.807, 2.05) is 19.9 Å². The third-order valence-electron chi connectivity index (χ3n) is 4.05. The highest BCUT2D eigenvalue weighted by atomic mass is 19.1. The Kier molecular flexibility index (Phi) is 5.52. The zero-order chi connectivity index (χ0) is 14.5. The van der Waals surface area contributed by atoms with Gasteiger partial charge in [0.1, 0.15) is 5.82 Å². The van der Waals surface area contributed by atoms with E-state index in [0.29, 0.717) is 12.6 Å². The molecule has 20 heavy (non-hydrogen) atoms. The second-order valence-corrected chi connectivity index (χ2v) is 5.47. The van der Waals surface area contributed by atoms with E-state index in [4.69, 9.17) is 10.5 Å². The molecule has 0 radical (unpaired) electrons. The predicted molar refractivity (Wildman–Crippen MR) is 79.2 cm³/mol. The Morgan fingerprint density at radius 3 is 2.70 bits per heavy atom. The molecule has 1 aliphatic heterocycles. The Bertz CT molecular complexity index is 430. The van der Waals surface area contributed by atoms with Gasteiger partial charge in [0.05, 0.1) is 6.10 Å². The number of hydrogen-bond acceptors (Lipinski definition) is 3. The van der Waals surface area contributed by atoms with E-state index >= 15 is 0 Å². The molecule has 1 fully saturated rings. The molecule has 2 rings (SSSR count). The van der Waals surface area contributed by atoms with E-state index in [-0.39, 0.29) is 11.9 Å². The minimum Gasteiger partial charge on any atom is -0.378 e. The monoisotopic (exact) mass is 280 g/mol. The van der Waals surface area contributed by atoms with Crippen LogP contribution >= 0.6 is 0 Å². The summed E-state index contributed by atoms with van der Waals surface area (Å²) in [6.07, 6.45) is 2.34. The molecular formula is C16H25FN2O. The SMILES string of the molecule is CCOC1CCN(C(CN)c2cc(C)ccc2F)CC1. The van der Waals surface area contributed by atoms with Gasteiger partial charge in [0, 0.05) is 37.8 Å². The molecule has 0 amide bonds. The molecule has 0 aromatic heterocycles. The number of hydrogen-bond donors (Lipinski definition) is 1. The van der Waals surface area contributed by atoms with E-state index in [1.54, 1.807) is 12.1 Å². The highest BCUT2D eigenvalue weighted by Gasteiger charge is 2.27. The Balaban J connectivity index is 2.07. The standard InChI is InChI=1S/C16H25FN2O/c1-3-20-13-6-8-19(9-7-13)16(11-18)14-10-12(2)4-5-15(14)17/h4-5,10,13,16H,3,6-9,11,18H2,1-2H3. The summed E-state index contributed by atoms with van der Waals surface area (Å²) >= 11 is 0. The molecule has 2 N–H and O–H groups in total. The van der Waals surface area contributed by atoms with Gasteiger partial charge in [0.15, 0.2) is 0 Å². The molecule has 1 heterocycles. The average molecular weight is 280 g/mol. The fraction of sp³-hybridized carbons (Fsp3) is 0.625. The third-order valence-corrected chi connectivity index (χ3v) is 4.05. The van der Waals surface area contributed by atoms with E-state index in [2.05, 4.69) is 4.90 Å². The van der Waals surface area contributed by atoms with Crippen molar-refractivity contribution in [2.75, 3.05) is 26.2 Å². The summed E-state index contributed by atoms with van der Waals surface area (Å²) < 4.78 is 19.7. The maximum Gasteiger partial charge on any atom is 0.128 e. The van der Waals surface area contributed by atoms with Gasteiger partial charge in [-0.05, 0) is 32.8 Å². The topological polar surface area (TPSA) is 38.5 Å². The van der Waals surface area contributed by atoms with Crippen molar-refractivity contribution in [1.29, 1.82) is 0 Å². The van der Waals surface area contributed by atoms with Gasteiger partial charge in [-0.15, -0.1) is 0 Å². The molecular weight excluding hydrogens is 255 g/mol. The van der Waals surface area contributed by atoms with Crippen molar-refractivity contribution in [2.24, 2.45) is 5.73 Å². The minimum absolute atomic E-state index is 0.0301. The zero-order valence-corrected chi connectivity index (χ0v) is 12.4. The van der Waals surface area contributed by atoms with Gasteiger partial charge >= 0.3 is 0 Å². The van der Waals surface area contributed by atoms with Crippen LogP contribution in [0.3, 0.4) is 0 Å². The Hall–Kier alpha value is -0.970. The number of halogens is 1.